The van der Waals surface area contributed by atoms with Crippen LogP contribution in [0.2, 0.25) is 0 Å². The Morgan fingerprint density at radius 1 is 1.36 bits per heavy atom. The predicted octanol–water partition coefficient (Wildman–Crippen LogP) is 1.21. The van der Waals surface area contributed by atoms with Crippen LogP contribution >= 0.6 is 0 Å². The standard InChI is InChI=1S/C9H17NO3S/c1-8(2)5-4-6-9(3)7-13-14(10,11)12/h5-6,8-9H,7H2,1-3H3,(H2,10,11,12). The molecular formula is C9H17NO3S. The van der Waals surface area contributed by atoms with Gasteiger partial charge in [0.25, 0.3) is 0 Å². The Labute approximate surface area is 85.7 Å². The number of nitrogens with two attached hydrogens (primary N) is 1. The van der Waals surface area contributed by atoms with Crippen molar-refractivity contribution in [1.82, 2.24) is 0 Å². The molecule has 0 aliphatic rings. The molecule has 4 nitrogen and oxygen atoms in total. The smallest absolute Gasteiger partial charge is 0.258 e. The van der Waals surface area contributed by atoms with Gasteiger partial charge in [-0.05, 0) is 18.1 Å². The molecule has 0 aromatic heterocycles. The van der Waals surface area contributed by atoms with E-state index >= 15 is 0 Å². The first-order valence-electron chi connectivity index (χ1n) is 4.41. The van der Waals surface area contributed by atoms with Crippen LogP contribution in [-0.4, -0.2) is 15.0 Å². The van der Waals surface area contributed by atoms with E-state index in [1.54, 1.807) is 6.08 Å². The van der Waals surface area contributed by atoms with Gasteiger partial charge >= 0.3 is 10.3 Å². The molecule has 0 aromatic rings. The SMILES string of the molecule is CC(C)C=C=CC(C)COS(N)(=O)=O. The summed E-state index contributed by atoms with van der Waals surface area (Å²) in [5.74, 6) is 0.404. The Kier molecular flexibility index (Phi) is 5.72. The van der Waals surface area contributed by atoms with E-state index in [-0.39, 0.29) is 12.5 Å². The van der Waals surface area contributed by atoms with E-state index in [0.717, 1.165) is 0 Å². The molecule has 0 amide bonds. The Morgan fingerprint density at radius 3 is 2.36 bits per heavy atom. The van der Waals surface area contributed by atoms with Crippen LogP contribution in [-0.2, 0) is 14.5 Å². The van der Waals surface area contributed by atoms with Crippen molar-refractivity contribution in [3.05, 3.63) is 17.9 Å². The van der Waals surface area contributed by atoms with Crippen LogP contribution in [0.1, 0.15) is 20.8 Å². The minimum absolute atomic E-state index is 0.0247. The van der Waals surface area contributed by atoms with Crippen molar-refractivity contribution in [3.8, 4) is 0 Å². The summed E-state index contributed by atoms with van der Waals surface area (Å²) in [6, 6.07) is 0. The highest BCUT2D eigenvalue weighted by atomic mass is 32.2. The van der Waals surface area contributed by atoms with Crippen molar-refractivity contribution in [3.63, 3.8) is 0 Å². The topological polar surface area (TPSA) is 69.4 Å². The van der Waals surface area contributed by atoms with Gasteiger partial charge in [-0.15, -0.1) is 5.73 Å². The highest BCUT2D eigenvalue weighted by Crippen LogP contribution is 1.99. The average molecular weight is 219 g/mol. The molecule has 0 spiro atoms. The summed E-state index contributed by atoms with van der Waals surface area (Å²) in [5, 5.41) is 4.67. The van der Waals surface area contributed by atoms with Gasteiger partial charge in [0.2, 0.25) is 0 Å². The minimum atomic E-state index is -3.82. The largest absolute Gasteiger partial charge is 0.333 e. The lowest BCUT2D eigenvalue weighted by Gasteiger charge is -2.03. The third kappa shape index (κ3) is 9.48. The molecule has 0 rings (SSSR count). The molecule has 14 heavy (non-hydrogen) atoms. The molecule has 2 N–H and O–H groups in total. The van der Waals surface area contributed by atoms with Gasteiger partial charge in [0.1, 0.15) is 0 Å². The zero-order valence-electron chi connectivity index (χ0n) is 8.73. The van der Waals surface area contributed by atoms with Gasteiger partial charge in [-0.25, -0.2) is 5.14 Å². The van der Waals surface area contributed by atoms with Gasteiger partial charge < -0.3 is 0 Å². The molecule has 0 heterocycles. The molecule has 5 heteroatoms. The third-order valence-electron chi connectivity index (χ3n) is 1.31. The van der Waals surface area contributed by atoms with E-state index in [4.69, 9.17) is 0 Å². The van der Waals surface area contributed by atoms with Crippen molar-refractivity contribution < 1.29 is 12.6 Å². The Morgan fingerprint density at radius 2 is 1.93 bits per heavy atom. The van der Waals surface area contributed by atoms with Crippen LogP contribution in [0.5, 0.6) is 0 Å². The van der Waals surface area contributed by atoms with Gasteiger partial charge in [-0.3, -0.25) is 4.18 Å². The van der Waals surface area contributed by atoms with Crippen molar-refractivity contribution in [2.75, 3.05) is 6.61 Å². The van der Waals surface area contributed by atoms with E-state index in [9.17, 15) is 8.42 Å². The zero-order valence-corrected chi connectivity index (χ0v) is 9.54. The average Bonchev–Trinajstić information content (AvgIpc) is 1.99. The first-order chi connectivity index (χ1) is 6.31. The maximum absolute atomic E-state index is 10.4. The van der Waals surface area contributed by atoms with E-state index in [0.29, 0.717) is 5.92 Å². The van der Waals surface area contributed by atoms with Gasteiger partial charge in [-0.1, -0.05) is 20.8 Å². The molecule has 0 aliphatic carbocycles. The summed E-state index contributed by atoms with van der Waals surface area (Å²) < 4.78 is 25.3. The molecule has 1 atom stereocenters. The van der Waals surface area contributed by atoms with Gasteiger partial charge in [0, 0.05) is 5.92 Å². The highest BCUT2D eigenvalue weighted by Gasteiger charge is 2.04. The highest BCUT2D eigenvalue weighted by molar-refractivity contribution is 7.84. The molecule has 0 saturated carbocycles. The molecule has 0 aliphatic heterocycles. The second-order valence-electron chi connectivity index (χ2n) is 3.50. The van der Waals surface area contributed by atoms with Gasteiger partial charge in [-0.2, -0.15) is 8.42 Å². The summed E-state index contributed by atoms with van der Waals surface area (Å²) in [4.78, 5) is 0. The fourth-order valence-corrected chi connectivity index (χ4v) is 1.07. The number of rotatable bonds is 5. The maximum atomic E-state index is 10.4. The van der Waals surface area contributed by atoms with Crippen LogP contribution in [0.15, 0.2) is 17.9 Å². The summed E-state index contributed by atoms with van der Waals surface area (Å²) >= 11 is 0. The van der Waals surface area contributed by atoms with Crippen LogP contribution in [0, 0.1) is 11.8 Å². The van der Waals surface area contributed by atoms with Crippen molar-refractivity contribution >= 4 is 10.3 Å². The Balaban J connectivity index is 4.00. The van der Waals surface area contributed by atoms with E-state index in [2.05, 4.69) is 15.1 Å². The lowest BCUT2D eigenvalue weighted by atomic mass is 10.2. The molecule has 82 valence electrons. The molecule has 0 fully saturated rings. The summed E-state index contributed by atoms with van der Waals surface area (Å²) in [5.41, 5.74) is 2.96. The molecule has 0 bridgehead atoms. The zero-order chi connectivity index (χ0) is 11.2. The number of hydrogen-bond acceptors (Lipinski definition) is 3. The van der Waals surface area contributed by atoms with Crippen molar-refractivity contribution in [2.24, 2.45) is 17.0 Å². The maximum Gasteiger partial charge on any atom is 0.333 e. The van der Waals surface area contributed by atoms with E-state index in [1.165, 1.54) is 0 Å². The van der Waals surface area contributed by atoms with Crippen LogP contribution < -0.4 is 5.14 Å². The summed E-state index contributed by atoms with van der Waals surface area (Å²) in [6.07, 6.45) is 3.65. The summed E-state index contributed by atoms with van der Waals surface area (Å²) in [6.45, 7) is 5.95. The monoisotopic (exact) mass is 219 g/mol. The van der Waals surface area contributed by atoms with Crippen molar-refractivity contribution in [1.29, 1.82) is 0 Å². The first-order valence-corrected chi connectivity index (χ1v) is 5.88. The van der Waals surface area contributed by atoms with Crippen molar-refractivity contribution in [2.45, 2.75) is 20.8 Å². The van der Waals surface area contributed by atoms with Crippen LogP contribution in [0.3, 0.4) is 0 Å². The van der Waals surface area contributed by atoms with Gasteiger partial charge in [0.15, 0.2) is 0 Å². The normalized spacial score (nSPS) is 13.5. The van der Waals surface area contributed by atoms with E-state index in [1.807, 2.05) is 26.8 Å². The minimum Gasteiger partial charge on any atom is -0.258 e. The molecule has 0 radical (unpaired) electrons. The second kappa shape index (κ2) is 5.98. The van der Waals surface area contributed by atoms with Crippen LogP contribution in [0.4, 0.5) is 0 Å². The van der Waals surface area contributed by atoms with Crippen LogP contribution in [0.25, 0.3) is 0 Å². The summed E-state index contributed by atoms with van der Waals surface area (Å²) in [7, 11) is -3.82. The molecule has 0 aromatic carbocycles. The lowest BCUT2D eigenvalue weighted by molar-refractivity contribution is 0.289. The molecular weight excluding hydrogens is 202 g/mol. The van der Waals surface area contributed by atoms with E-state index < -0.39 is 10.3 Å². The fraction of sp³-hybridized carbons (Fsp3) is 0.667. The third-order valence-corrected chi connectivity index (χ3v) is 1.77. The fourth-order valence-electron chi connectivity index (χ4n) is 0.663. The second-order valence-corrected chi connectivity index (χ2v) is 4.72. The molecule has 0 saturated heterocycles. The first kappa shape index (κ1) is 13.4. The molecule has 1 unspecified atom stereocenters. The Hall–Kier alpha value is -0.610. The Bertz CT molecular complexity index is 313. The predicted molar refractivity (Wildman–Crippen MR) is 55.7 cm³/mol. The lowest BCUT2D eigenvalue weighted by Crippen LogP contribution is -2.18. The number of hydrogen-bond donors (Lipinski definition) is 1. The van der Waals surface area contributed by atoms with Gasteiger partial charge in [0.05, 0.1) is 6.61 Å². The quantitative estimate of drug-likeness (QED) is 0.706.